The number of nitrogens with zero attached hydrogens (tertiary/aromatic N) is 2. The molecule has 1 fully saturated rings. The molecular formula is C10H10ClN3O. The van der Waals surface area contributed by atoms with Crippen molar-refractivity contribution in [2.45, 2.75) is 25.0 Å². The van der Waals surface area contributed by atoms with Crippen LogP contribution in [0.4, 0.5) is 5.82 Å². The van der Waals surface area contributed by atoms with Crippen molar-refractivity contribution in [3.05, 3.63) is 22.8 Å². The van der Waals surface area contributed by atoms with Crippen LogP contribution in [0.25, 0.3) is 0 Å². The average Bonchev–Trinajstić information content (AvgIpc) is 2.14. The minimum atomic E-state index is -0.211. The second kappa shape index (κ2) is 4.05. The maximum Gasteiger partial charge on any atom is 0.132 e. The zero-order valence-electron chi connectivity index (χ0n) is 7.94. The molecule has 1 heterocycles. The molecule has 5 heteroatoms. The number of nitrogens with one attached hydrogen (secondary N) is 1. The van der Waals surface area contributed by atoms with Gasteiger partial charge in [-0.05, 0) is 25.0 Å². The third-order valence-corrected chi connectivity index (χ3v) is 2.58. The largest absolute Gasteiger partial charge is 0.393 e. The van der Waals surface area contributed by atoms with Crippen molar-refractivity contribution < 1.29 is 5.11 Å². The van der Waals surface area contributed by atoms with Gasteiger partial charge in [0, 0.05) is 6.04 Å². The van der Waals surface area contributed by atoms with Crippen LogP contribution in [0.5, 0.6) is 0 Å². The van der Waals surface area contributed by atoms with Crippen molar-refractivity contribution in [3.8, 4) is 6.07 Å². The fourth-order valence-electron chi connectivity index (χ4n) is 1.55. The molecule has 1 aliphatic carbocycles. The molecule has 0 bridgehead atoms. The van der Waals surface area contributed by atoms with Crippen molar-refractivity contribution in [2.24, 2.45) is 0 Å². The highest BCUT2D eigenvalue weighted by atomic mass is 35.5. The molecule has 0 saturated heterocycles. The van der Waals surface area contributed by atoms with Gasteiger partial charge in [-0.25, -0.2) is 4.98 Å². The van der Waals surface area contributed by atoms with Crippen molar-refractivity contribution >= 4 is 17.4 Å². The average molecular weight is 224 g/mol. The summed E-state index contributed by atoms with van der Waals surface area (Å²) >= 11 is 5.75. The van der Waals surface area contributed by atoms with E-state index in [4.69, 9.17) is 22.0 Å². The topological polar surface area (TPSA) is 68.9 Å². The Morgan fingerprint density at radius 1 is 1.53 bits per heavy atom. The quantitative estimate of drug-likeness (QED) is 0.747. The number of nitriles is 1. The van der Waals surface area contributed by atoms with Crippen LogP contribution in [-0.2, 0) is 0 Å². The number of aliphatic hydroxyl groups excluding tert-OH is 1. The first-order chi connectivity index (χ1) is 7.17. The Morgan fingerprint density at radius 2 is 2.27 bits per heavy atom. The predicted octanol–water partition coefficient (Wildman–Crippen LogP) is 1.54. The summed E-state index contributed by atoms with van der Waals surface area (Å²) in [4.78, 5) is 4.05. The van der Waals surface area contributed by atoms with Crippen molar-refractivity contribution in [1.29, 1.82) is 5.26 Å². The number of pyridine rings is 1. The van der Waals surface area contributed by atoms with Crippen LogP contribution in [0.2, 0.25) is 5.15 Å². The molecule has 0 aliphatic heterocycles. The molecule has 1 aromatic rings. The summed E-state index contributed by atoms with van der Waals surface area (Å²) in [6.45, 7) is 0. The van der Waals surface area contributed by atoms with Gasteiger partial charge in [0.25, 0.3) is 0 Å². The Balaban J connectivity index is 2.08. The molecule has 15 heavy (non-hydrogen) atoms. The third kappa shape index (κ3) is 2.38. The molecule has 1 aromatic heterocycles. The van der Waals surface area contributed by atoms with Gasteiger partial charge in [-0.15, -0.1) is 0 Å². The molecule has 78 valence electrons. The van der Waals surface area contributed by atoms with Crippen molar-refractivity contribution in [1.82, 2.24) is 4.98 Å². The van der Waals surface area contributed by atoms with Crippen LogP contribution in [0.15, 0.2) is 12.1 Å². The van der Waals surface area contributed by atoms with Gasteiger partial charge >= 0.3 is 0 Å². The van der Waals surface area contributed by atoms with Gasteiger partial charge in [0.15, 0.2) is 0 Å². The van der Waals surface area contributed by atoms with E-state index in [0.29, 0.717) is 16.5 Å². The minimum Gasteiger partial charge on any atom is -0.393 e. The summed E-state index contributed by atoms with van der Waals surface area (Å²) in [5.41, 5.74) is 0.484. The zero-order chi connectivity index (χ0) is 10.8. The lowest BCUT2D eigenvalue weighted by Crippen LogP contribution is -2.39. The van der Waals surface area contributed by atoms with Crippen molar-refractivity contribution in [2.75, 3.05) is 5.32 Å². The smallest absolute Gasteiger partial charge is 0.132 e. The second-order valence-electron chi connectivity index (χ2n) is 3.64. The van der Waals surface area contributed by atoms with E-state index in [1.165, 1.54) is 6.07 Å². The highest BCUT2D eigenvalue weighted by molar-refractivity contribution is 6.29. The number of aliphatic hydroxyl groups is 1. The summed E-state index contributed by atoms with van der Waals surface area (Å²) in [7, 11) is 0. The van der Waals surface area contributed by atoms with E-state index in [9.17, 15) is 0 Å². The molecule has 0 unspecified atom stereocenters. The van der Waals surface area contributed by atoms with Gasteiger partial charge in [-0.1, -0.05) is 11.6 Å². The van der Waals surface area contributed by atoms with Crippen molar-refractivity contribution in [3.63, 3.8) is 0 Å². The molecule has 4 nitrogen and oxygen atoms in total. The van der Waals surface area contributed by atoms with Gasteiger partial charge in [-0.2, -0.15) is 5.26 Å². The maximum atomic E-state index is 9.11. The lowest BCUT2D eigenvalue weighted by atomic mass is 9.89. The zero-order valence-corrected chi connectivity index (χ0v) is 8.70. The molecule has 0 atom stereocenters. The predicted molar refractivity (Wildman–Crippen MR) is 56.6 cm³/mol. The number of halogens is 1. The number of hydrogen-bond donors (Lipinski definition) is 2. The Hall–Kier alpha value is -1.31. The fourth-order valence-corrected chi connectivity index (χ4v) is 1.76. The van der Waals surface area contributed by atoms with E-state index < -0.39 is 0 Å². The highest BCUT2D eigenvalue weighted by Gasteiger charge is 2.27. The standard InChI is InChI=1S/C10H10ClN3O/c11-9-1-6(5-12)2-10(14-9)13-7-3-8(15)4-7/h1-2,7-8,15H,3-4H2,(H,13,14). The van der Waals surface area contributed by atoms with Gasteiger partial charge in [-0.3, -0.25) is 0 Å². The van der Waals surface area contributed by atoms with Gasteiger partial charge in [0.2, 0.25) is 0 Å². The van der Waals surface area contributed by atoms with Crippen LogP contribution in [0.3, 0.4) is 0 Å². The first-order valence-electron chi connectivity index (χ1n) is 4.69. The minimum absolute atomic E-state index is 0.211. The second-order valence-corrected chi connectivity index (χ2v) is 4.03. The number of aromatic nitrogens is 1. The summed E-state index contributed by atoms with van der Waals surface area (Å²) in [6, 6.07) is 5.41. The summed E-state index contributed by atoms with van der Waals surface area (Å²) in [5, 5.41) is 21.3. The Labute approximate surface area is 92.5 Å². The van der Waals surface area contributed by atoms with Gasteiger partial charge in [0.05, 0.1) is 17.7 Å². The van der Waals surface area contributed by atoms with E-state index in [2.05, 4.69) is 10.3 Å². The van der Waals surface area contributed by atoms with E-state index in [-0.39, 0.29) is 12.1 Å². The first-order valence-corrected chi connectivity index (χ1v) is 5.07. The molecule has 0 radical (unpaired) electrons. The normalized spacial score (nSPS) is 24.1. The Kier molecular flexibility index (Phi) is 2.76. The van der Waals surface area contributed by atoms with E-state index in [1.807, 2.05) is 6.07 Å². The lowest BCUT2D eigenvalue weighted by Gasteiger charge is -2.32. The summed E-state index contributed by atoms with van der Waals surface area (Å²) < 4.78 is 0. The monoisotopic (exact) mass is 223 g/mol. The molecule has 2 N–H and O–H groups in total. The molecule has 0 spiro atoms. The summed E-state index contributed by atoms with van der Waals surface area (Å²) in [5.74, 6) is 0.593. The van der Waals surface area contributed by atoms with Crippen LogP contribution in [-0.4, -0.2) is 22.2 Å². The van der Waals surface area contributed by atoms with E-state index in [1.54, 1.807) is 6.07 Å². The van der Waals surface area contributed by atoms with Crippen LogP contribution < -0.4 is 5.32 Å². The molecule has 2 rings (SSSR count). The fraction of sp³-hybridized carbons (Fsp3) is 0.400. The van der Waals surface area contributed by atoms with E-state index in [0.717, 1.165) is 12.8 Å². The molecule has 0 amide bonds. The Morgan fingerprint density at radius 3 is 2.87 bits per heavy atom. The number of hydrogen-bond acceptors (Lipinski definition) is 4. The van der Waals surface area contributed by atoms with Gasteiger partial charge in [0.1, 0.15) is 11.0 Å². The lowest BCUT2D eigenvalue weighted by molar-refractivity contribution is 0.0835. The van der Waals surface area contributed by atoms with E-state index >= 15 is 0 Å². The third-order valence-electron chi connectivity index (χ3n) is 2.39. The van der Waals surface area contributed by atoms with Crippen LogP contribution >= 0.6 is 11.6 Å². The number of rotatable bonds is 2. The molecule has 1 aliphatic rings. The molecule has 1 saturated carbocycles. The highest BCUT2D eigenvalue weighted by Crippen LogP contribution is 2.24. The molecular weight excluding hydrogens is 214 g/mol. The first kappa shape index (κ1) is 10.2. The molecule has 0 aromatic carbocycles. The van der Waals surface area contributed by atoms with Gasteiger partial charge < -0.3 is 10.4 Å². The summed E-state index contributed by atoms with van der Waals surface area (Å²) in [6.07, 6.45) is 1.23. The van der Waals surface area contributed by atoms with Crippen LogP contribution in [0, 0.1) is 11.3 Å². The van der Waals surface area contributed by atoms with Crippen LogP contribution in [0.1, 0.15) is 18.4 Å². The maximum absolute atomic E-state index is 9.11. The number of anilines is 1. The Bertz CT molecular complexity index is 410. The SMILES string of the molecule is N#Cc1cc(Cl)nc(NC2CC(O)C2)c1.